The maximum atomic E-state index is 9.11. The molecule has 0 aromatic carbocycles. The first-order valence-electron chi connectivity index (χ1n) is 3.37. The Labute approximate surface area is 67.5 Å². The topological polar surface area (TPSA) is 60.7 Å². The van der Waals surface area contributed by atoms with Crippen LogP contribution in [0.4, 0.5) is 0 Å². The van der Waals surface area contributed by atoms with Crippen LogP contribution in [0.2, 0.25) is 0 Å². The van der Waals surface area contributed by atoms with E-state index >= 15 is 0 Å². The van der Waals surface area contributed by atoms with E-state index in [0.29, 0.717) is 0 Å². The van der Waals surface area contributed by atoms with Gasteiger partial charge >= 0.3 is 67.2 Å². The summed E-state index contributed by atoms with van der Waals surface area (Å²) < 4.78 is -1.50. The Bertz CT molecular complexity index is 74.0. The van der Waals surface area contributed by atoms with Gasteiger partial charge < -0.3 is 0 Å². The standard InChI is InChI=1S/3C2H5O.Ti/c3*1-2-3;/h3*2-3H,1H3;. The summed E-state index contributed by atoms with van der Waals surface area (Å²) in [6, 6.07) is 0. The molecule has 3 unspecified atom stereocenters. The monoisotopic (exact) mass is 183 g/mol. The molecule has 0 amide bonds. The summed E-state index contributed by atoms with van der Waals surface area (Å²) in [5.41, 5.74) is 0. The van der Waals surface area contributed by atoms with E-state index < -0.39 is 31.1 Å². The second-order valence-electron chi connectivity index (χ2n) is 2.53. The van der Waals surface area contributed by atoms with Crippen LogP contribution < -0.4 is 0 Å². The fraction of sp³-hybridized carbons (Fsp3) is 1.00. The van der Waals surface area contributed by atoms with Crippen LogP contribution in [0.3, 0.4) is 0 Å². The molecule has 0 rings (SSSR count). The van der Waals surface area contributed by atoms with Crippen LogP contribution in [0.15, 0.2) is 0 Å². The molecule has 4 heteroatoms. The normalized spacial score (nSPS) is 19.8. The van der Waals surface area contributed by atoms with Gasteiger partial charge in [0.2, 0.25) is 0 Å². The molecule has 0 saturated heterocycles. The maximum absolute atomic E-state index is 9.11. The number of hydrogen-bond acceptors (Lipinski definition) is 3. The summed E-state index contributed by atoms with van der Waals surface area (Å²) in [5, 5.41) is 27.3. The third-order valence-electron chi connectivity index (χ3n) is 1.45. The summed E-state index contributed by atoms with van der Waals surface area (Å²) in [4.78, 5) is 0. The van der Waals surface area contributed by atoms with Crippen molar-refractivity contribution >= 4 is 0 Å². The Balaban J connectivity index is 3.98. The van der Waals surface area contributed by atoms with Crippen molar-refractivity contribution in [1.29, 1.82) is 0 Å². The van der Waals surface area contributed by atoms with Crippen molar-refractivity contribution in [1.82, 2.24) is 0 Å². The molecule has 0 aromatic rings. The molecule has 0 fully saturated rings. The van der Waals surface area contributed by atoms with Gasteiger partial charge in [0, 0.05) is 0 Å². The minimum absolute atomic E-state index is 0.500. The van der Waals surface area contributed by atoms with Gasteiger partial charge in [-0.2, -0.15) is 0 Å². The zero-order valence-electron chi connectivity index (χ0n) is 6.57. The molecule has 0 spiro atoms. The van der Waals surface area contributed by atoms with Crippen molar-refractivity contribution in [2.75, 3.05) is 0 Å². The zero-order chi connectivity index (χ0) is 8.31. The van der Waals surface area contributed by atoms with Gasteiger partial charge in [-0.15, -0.1) is 0 Å². The van der Waals surface area contributed by atoms with Crippen molar-refractivity contribution < 1.29 is 33.2 Å². The fourth-order valence-corrected chi connectivity index (χ4v) is 4.32. The fourth-order valence-electron chi connectivity index (χ4n) is 1.05. The summed E-state index contributed by atoms with van der Waals surface area (Å²) in [6.07, 6.45) is 0. The van der Waals surface area contributed by atoms with Crippen molar-refractivity contribution in [3.05, 3.63) is 0 Å². The molecule has 0 aliphatic carbocycles. The average molecular weight is 183 g/mol. The van der Waals surface area contributed by atoms with E-state index in [1.807, 2.05) is 0 Å². The van der Waals surface area contributed by atoms with E-state index in [1.54, 1.807) is 20.8 Å². The van der Waals surface area contributed by atoms with Gasteiger partial charge in [-0.05, 0) is 0 Å². The van der Waals surface area contributed by atoms with Crippen molar-refractivity contribution in [2.24, 2.45) is 0 Å². The van der Waals surface area contributed by atoms with Gasteiger partial charge in [0.05, 0.1) is 0 Å². The molecule has 3 nitrogen and oxygen atoms in total. The molecule has 0 saturated carbocycles. The quantitative estimate of drug-likeness (QED) is 0.522. The third kappa shape index (κ3) is 3.12. The Morgan fingerprint density at radius 3 is 1.00 bits per heavy atom. The van der Waals surface area contributed by atoms with E-state index in [1.165, 1.54) is 0 Å². The van der Waals surface area contributed by atoms with Gasteiger partial charge in [-0.25, -0.2) is 0 Å². The van der Waals surface area contributed by atoms with Crippen molar-refractivity contribution in [3.63, 3.8) is 0 Å². The SMILES string of the molecule is C[CH](O)[Ti]([CH](C)O)[CH](C)O. The molecular weight excluding hydrogens is 168 g/mol. The average Bonchev–Trinajstić information content (AvgIpc) is 1.59. The van der Waals surface area contributed by atoms with Gasteiger partial charge in [-0.1, -0.05) is 0 Å². The van der Waals surface area contributed by atoms with Crippen LogP contribution in [0, 0.1) is 0 Å². The van der Waals surface area contributed by atoms with Crippen molar-refractivity contribution in [2.45, 2.75) is 34.0 Å². The van der Waals surface area contributed by atoms with Gasteiger partial charge in [0.15, 0.2) is 0 Å². The second kappa shape index (κ2) is 4.47. The Morgan fingerprint density at radius 1 is 0.800 bits per heavy atom. The first-order valence-corrected chi connectivity index (χ1v) is 6.08. The Kier molecular flexibility index (Phi) is 4.73. The number of hydrogen-bond donors (Lipinski definition) is 3. The van der Waals surface area contributed by atoms with E-state index in [4.69, 9.17) is 15.3 Å². The molecule has 3 atom stereocenters. The van der Waals surface area contributed by atoms with Gasteiger partial charge in [0.1, 0.15) is 0 Å². The molecule has 0 aliphatic rings. The number of aliphatic hydroxyl groups is 3. The Morgan fingerprint density at radius 2 is 1.00 bits per heavy atom. The van der Waals surface area contributed by atoms with E-state index in [9.17, 15) is 0 Å². The molecule has 0 aromatic heterocycles. The third-order valence-corrected chi connectivity index (χ3v) is 5.97. The van der Waals surface area contributed by atoms with Crippen molar-refractivity contribution in [3.8, 4) is 0 Å². The van der Waals surface area contributed by atoms with Gasteiger partial charge in [-0.3, -0.25) is 0 Å². The summed E-state index contributed by atoms with van der Waals surface area (Å²) in [7, 11) is 0. The van der Waals surface area contributed by atoms with Crippen LogP contribution in [-0.4, -0.2) is 28.5 Å². The molecule has 3 N–H and O–H groups in total. The van der Waals surface area contributed by atoms with Crippen LogP contribution in [-0.2, 0) is 17.9 Å². The van der Waals surface area contributed by atoms with Crippen LogP contribution in [0.5, 0.6) is 0 Å². The number of aliphatic hydroxyl groups excluding tert-OH is 3. The molecular formula is C6H15O3Ti. The van der Waals surface area contributed by atoms with E-state index in [0.717, 1.165) is 0 Å². The Hall–Kier alpha value is 0.594. The van der Waals surface area contributed by atoms with Crippen LogP contribution in [0.1, 0.15) is 20.8 Å². The molecule has 0 aliphatic heterocycles. The van der Waals surface area contributed by atoms with E-state index in [-0.39, 0.29) is 0 Å². The summed E-state index contributed by atoms with van der Waals surface area (Å²) in [5.74, 6) is 0. The molecule has 61 valence electrons. The molecule has 0 heterocycles. The summed E-state index contributed by atoms with van der Waals surface area (Å²) in [6.45, 7) is 4.90. The molecule has 0 bridgehead atoms. The van der Waals surface area contributed by atoms with Gasteiger partial charge in [0.25, 0.3) is 0 Å². The minimum atomic E-state index is -2.06. The molecule has 0 radical (unpaired) electrons. The van der Waals surface area contributed by atoms with E-state index in [2.05, 4.69) is 0 Å². The predicted octanol–water partition coefficient (Wildman–Crippen LogP) is -0.381. The zero-order valence-corrected chi connectivity index (χ0v) is 8.14. The summed E-state index contributed by atoms with van der Waals surface area (Å²) >= 11 is -2.06. The van der Waals surface area contributed by atoms with Crippen LogP contribution in [0.25, 0.3) is 0 Å². The first-order chi connectivity index (χ1) is 4.46. The predicted molar refractivity (Wildman–Crippen MR) is 35.0 cm³/mol. The first kappa shape index (κ1) is 10.6. The molecule has 10 heavy (non-hydrogen) atoms. The second-order valence-corrected chi connectivity index (χ2v) is 8.00. The number of rotatable bonds is 3. The van der Waals surface area contributed by atoms with Crippen LogP contribution >= 0.6 is 0 Å².